The zero-order valence-electron chi connectivity index (χ0n) is 14.9. The van der Waals surface area contributed by atoms with Gasteiger partial charge in [0.25, 0.3) is 0 Å². The SMILES string of the molecule is CC1CN(c2cnc(-c3cccc4cccnc34)cc2C=O)CC(C)O1. The molecule has 0 aliphatic carbocycles. The molecule has 3 aromatic rings. The highest BCUT2D eigenvalue weighted by atomic mass is 16.5. The summed E-state index contributed by atoms with van der Waals surface area (Å²) in [4.78, 5) is 23.1. The molecule has 0 bridgehead atoms. The molecule has 4 rings (SSSR count). The Bertz CT molecular complexity index is 942. The third kappa shape index (κ3) is 3.06. The number of benzene rings is 1. The number of anilines is 1. The average molecular weight is 347 g/mol. The zero-order chi connectivity index (χ0) is 18.1. The van der Waals surface area contributed by atoms with Gasteiger partial charge in [-0.1, -0.05) is 24.3 Å². The molecule has 2 atom stereocenters. The van der Waals surface area contributed by atoms with E-state index in [1.807, 2.05) is 50.2 Å². The van der Waals surface area contributed by atoms with Gasteiger partial charge in [0.1, 0.15) is 0 Å². The molecule has 0 amide bonds. The molecule has 2 aromatic heterocycles. The van der Waals surface area contributed by atoms with Gasteiger partial charge in [0.15, 0.2) is 6.29 Å². The molecule has 1 aliphatic rings. The van der Waals surface area contributed by atoms with Gasteiger partial charge < -0.3 is 9.64 Å². The zero-order valence-corrected chi connectivity index (χ0v) is 14.9. The minimum atomic E-state index is 0.125. The summed E-state index contributed by atoms with van der Waals surface area (Å²) in [6, 6.07) is 11.8. The molecule has 0 N–H and O–H groups in total. The second kappa shape index (κ2) is 6.84. The third-order valence-corrected chi connectivity index (χ3v) is 4.71. The number of pyridine rings is 2. The molecule has 5 nitrogen and oxygen atoms in total. The second-order valence-electron chi connectivity index (χ2n) is 6.79. The van der Waals surface area contributed by atoms with Gasteiger partial charge in [0.05, 0.1) is 35.3 Å². The van der Waals surface area contributed by atoms with Crippen molar-refractivity contribution in [3.63, 3.8) is 0 Å². The van der Waals surface area contributed by atoms with E-state index in [-0.39, 0.29) is 12.2 Å². The maximum absolute atomic E-state index is 11.8. The van der Waals surface area contributed by atoms with Crippen molar-refractivity contribution in [3.05, 3.63) is 54.4 Å². The van der Waals surface area contributed by atoms with E-state index in [9.17, 15) is 4.79 Å². The molecule has 2 unspecified atom stereocenters. The van der Waals surface area contributed by atoms with Crippen LogP contribution in [0, 0.1) is 0 Å². The number of nitrogens with zero attached hydrogens (tertiary/aromatic N) is 3. The highest BCUT2D eigenvalue weighted by Crippen LogP contribution is 2.30. The molecule has 1 aliphatic heterocycles. The van der Waals surface area contributed by atoms with E-state index in [2.05, 4.69) is 14.9 Å². The number of aldehydes is 1. The van der Waals surface area contributed by atoms with Crippen molar-refractivity contribution in [3.8, 4) is 11.3 Å². The summed E-state index contributed by atoms with van der Waals surface area (Å²) in [6.07, 6.45) is 4.73. The molecule has 0 saturated carbocycles. The van der Waals surface area contributed by atoms with Crippen LogP contribution >= 0.6 is 0 Å². The van der Waals surface area contributed by atoms with Crippen LogP contribution in [0.1, 0.15) is 24.2 Å². The van der Waals surface area contributed by atoms with Crippen LogP contribution in [0.3, 0.4) is 0 Å². The molecule has 5 heteroatoms. The lowest BCUT2D eigenvalue weighted by molar-refractivity contribution is -0.00527. The molecule has 26 heavy (non-hydrogen) atoms. The Morgan fingerprint density at radius 1 is 1.12 bits per heavy atom. The topological polar surface area (TPSA) is 55.3 Å². The van der Waals surface area contributed by atoms with Crippen LogP contribution in [-0.4, -0.2) is 41.6 Å². The molecular formula is C21H21N3O2. The number of aromatic nitrogens is 2. The molecule has 0 radical (unpaired) electrons. The van der Waals surface area contributed by atoms with Crippen molar-refractivity contribution < 1.29 is 9.53 Å². The third-order valence-electron chi connectivity index (χ3n) is 4.71. The van der Waals surface area contributed by atoms with E-state index in [1.54, 1.807) is 12.4 Å². The van der Waals surface area contributed by atoms with E-state index in [1.165, 1.54) is 0 Å². The molecule has 132 valence electrons. The summed E-state index contributed by atoms with van der Waals surface area (Å²) < 4.78 is 5.79. The summed E-state index contributed by atoms with van der Waals surface area (Å²) in [5, 5.41) is 1.05. The summed E-state index contributed by atoms with van der Waals surface area (Å²) in [6.45, 7) is 5.60. The van der Waals surface area contributed by atoms with E-state index < -0.39 is 0 Å². The van der Waals surface area contributed by atoms with Gasteiger partial charge in [-0.05, 0) is 26.0 Å². The Labute approximate surface area is 152 Å². The van der Waals surface area contributed by atoms with Gasteiger partial charge >= 0.3 is 0 Å². The largest absolute Gasteiger partial charge is 0.372 e. The fourth-order valence-electron chi connectivity index (χ4n) is 3.66. The number of ether oxygens (including phenoxy) is 1. The fourth-order valence-corrected chi connectivity index (χ4v) is 3.66. The first-order valence-corrected chi connectivity index (χ1v) is 8.85. The van der Waals surface area contributed by atoms with Crippen LogP contribution in [0.25, 0.3) is 22.2 Å². The lowest BCUT2D eigenvalue weighted by Gasteiger charge is -2.37. The number of rotatable bonds is 3. The smallest absolute Gasteiger partial charge is 0.152 e. The first-order valence-electron chi connectivity index (χ1n) is 8.85. The number of para-hydroxylation sites is 1. The van der Waals surface area contributed by atoms with Crippen LogP contribution in [-0.2, 0) is 4.74 Å². The Hall–Kier alpha value is -2.79. The van der Waals surface area contributed by atoms with E-state index in [0.29, 0.717) is 5.56 Å². The maximum atomic E-state index is 11.8. The summed E-state index contributed by atoms with van der Waals surface area (Å²) in [5.74, 6) is 0. The quantitative estimate of drug-likeness (QED) is 0.676. The molecule has 0 spiro atoms. The number of carbonyl (C=O) groups is 1. The molecule has 1 fully saturated rings. The van der Waals surface area contributed by atoms with Crippen molar-refractivity contribution in [2.45, 2.75) is 26.1 Å². The van der Waals surface area contributed by atoms with Crippen molar-refractivity contribution in [1.29, 1.82) is 0 Å². The molecule has 1 aromatic carbocycles. The number of hydrogen-bond donors (Lipinski definition) is 0. The highest BCUT2D eigenvalue weighted by molar-refractivity contribution is 5.94. The molecule has 1 saturated heterocycles. The monoisotopic (exact) mass is 347 g/mol. The van der Waals surface area contributed by atoms with Crippen molar-refractivity contribution >= 4 is 22.9 Å². The van der Waals surface area contributed by atoms with Gasteiger partial charge in [-0.2, -0.15) is 0 Å². The lowest BCUT2D eigenvalue weighted by Crippen LogP contribution is -2.45. The van der Waals surface area contributed by atoms with Crippen LogP contribution in [0.2, 0.25) is 0 Å². The van der Waals surface area contributed by atoms with Gasteiger partial charge in [-0.3, -0.25) is 14.8 Å². The summed E-state index contributed by atoms with van der Waals surface area (Å²) in [7, 11) is 0. The van der Waals surface area contributed by atoms with Gasteiger partial charge in [0, 0.05) is 35.8 Å². The predicted octanol–water partition coefficient (Wildman–Crippen LogP) is 3.72. The van der Waals surface area contributed by atoms with Crippen LogP contribution in [0.15, 0.2) is 48.8 Å². The van der Waals surface area contributed by atoms with E-state index in [4.69, 9.17) is 4.74 Å². The van der Waals surface area contributed by atoms with E-state index >= 15 is 0 Å². The van der Waals surface area contributed by atoms with Gasteiger partial charge in [-0.15, -0.1) is 0 Å². The van der Waals surface area contributed by atoms with Crippen LogP contribution < -0.4 is 4.90 Å². The van der Waals surface area contributed by atoms with Crippen LogP contribution in [0.5, 0.6) is 0 Å². The fraction of sp³-hybridized carbons (Fsp3) is 0.286. The number of hydrogen-bond acceptors (Lipinski definition) is 5. The molecular weight excluding hydrogens is 326 g/mol. The first kappa shape index (κ1) is 16.7. The minimum absolute atomic E-state index is 0.125. The van der Waals surface area contributed by atoms with E-state index in [0.717, 1.165) is 47.2 Å². The van der Waals surface area contributed by atoms with Crippen molar-refractivity contribution in [2.75, 3.05) is 18.0 Å². The molecule has 3 heterocycles. The first-order chi connectivity index (χ1) is 12.7. The normalized spacial score (nSPS) is 20.3. The lowest BCUT2D eigenvalue weighted by atomic mass is 10.0. The maximum Gasteiger partial charge on any atom is 0.152 e. The highest BCUT2D eigenvalue weighted by Gasteiger charge is 2.24. The number of carbonyl (C=O) groups excluding carboxylic acids is 1. The van der Waals surface area contributed by atoms with Gasteiger partial charge in [-0.25, -0.2) is 0 Å². The predicted molar refractivity (Wildman–Crippen MR) is 103 cm³/mol. The average Bonchev–Trinajstić information content (AvgIpc) is 2.66. The van der Waals surface area contributed by atoms with Gasteiger partial charge in [0.2, 0.25) is 0 Å². The van der Waals surface area contributed by atoms with Crippen molar-refractivity contribution in [2.24, 2.45) is 0 Å². The number of morpholine rings is 1. The minimum Gasteiger partial charge on any atom is -0.372 e. The standard InChI is InChI=1S/C21H21N3O2/c1-14-11-24(12-15(2)26-14)20-10-23-19(9-17(20)13-25)18-7-3-5-16-6-4-8-22-21(16)18/h3-10,13-15H,11-12H2,1-2H3. The Kier molecular flexibility index (Phi) is 4.39. The van der Waals surface area contributed by atoms with Crippen molar-refractivity contribution in [1.82, 2.24) is 9.97 Å². The number of fused-ring (bicyclic) bond motifs is 1. The Balaban J connectivity index is 1.77. The summed E-state index contributed by atoms with van der Waals surface area (Å²) >= 11 is 0. The summed E-state index contributed by atoms with van der Waals surface area (Å²) in [5.41, 5.74) is 4.08. The Morgan fingerprint density at radius 3 is 2.65 bits per heavy atom. The second-order valence-corrected chi connectivity index (χ2v) is 6.79. The van der Waals surface area contributed by atoms with Crippen LogP contribution in [0.4, 0.5) is 5.69 Å². The Morgan fingerprint density at radius 2 is 1.88 bits per heavy atom.